The second-order valence-corrected chi connectivity index (χ2v) is 6.62. The molecule has 0 aliphatic heterocycles. The van der Waals surface area contributed by atoms with Gasteiger partial charge in [-0.1, -0.05) is 23.2 Å². The number of amides is 2. The van der Waals surface area contributed by atoms with Gasteiger partial charge in [0.1, 0.15) is 11.5 Å². The molecule has 2 amide bonds. The number of rotatable bonds is 7. The Morgan fingerprint density at radius 1 is 1.21 bits per heavy atom. The Morgan fingerprint density at radius 2 is 2.04 bits per heavy atom. The summed E-state index contributed by atoms with van der Waals surface area (Å²) in [5.74, 6) is 0.255. The number of halogens is 2. The van der Waals surface area contributed by atoms with Crippen LogP contribution in [0.25, 0.3) is 6.08 Å². The van der Waals surface area contributed by atoms with Gasteiger partial charge in [0.05, 0.1) is 17.9 Å². The summed E-state index contributed by atoms with van der Waals surface area (Å²) in [6, 6.07) is 8.31. The van der Waals surface area contributed by atoms with Gasteiger partial charge in [-0.2, -0.15) is 0 Å². The Morgan fingerprint density at radius 3 is 2.75 bits per heavy atom. The number of hydrogen-bond acceptors (Lipinski definition) is 5. The fraction of sp³-hybridized carbons (Fsp3) is 0.167. The zero-order chi connectivity index (χ0) is 20.4. The standard InChI is InChI=1S/C18H17Cl2N3O4S/c19-12-5-7-15(14(20)11-12)27-10-2-4-17(25)22-23-18(28)21-16(24)8-6-13-3-1-9-26-13/h1,3,5-9,11H,2,4,10H2,(H,22,25)(H2,21,23,24,28). The van der Waals surface area contributed by atoms with Crippen molar-refractivity contribution in [3.63, 3.8) is 0 Å². The van der Waals surface area contributed by atoms with Crippen molar-refractivity contribution in [2.24, 2.45) is 0 Å². The normalized spacial score (nSPS) is 10.5. The molecule has 0 atom stereocenters. The number of thiocarbonyl (C=S) groups is 1. The third-order valence-corrected chi connectivity index (χ3v) is 3.93. The highest BCUT2D eigenvalue weighted by atomic mass is 35.5. The van der Waals surface area contributed by atoms with Crippen molar-refractivity contribution in [2.75, 3.05) is 6.61 Å². The molecular weight excluding hydrogens is 425 g/mol. The quantitative estimate of drug-likeness (QED) is 0.263. The minimum atomic E-state index is -0.462. The molecule has 0 unspecified atom stereocenters. The highest BCUT2D eigenvalue weighted by molar-refractivity contribution is 7.80. The molecule has 1 aromatic heterocycles. The molecule has 0 saturated carbocycles. The first kappa shape index (κ1) is 21.7. The van der Waals surface area contributed by atoms with Crippen LogP contribution >= 0.6 is 35.4 Å². The molecule has 0 saturated heterocycles. The summed E-state index contributed by atoms with van der Waals surface area (Å²) in [6.07, 6.45) is 4.89. The average molecular weight is 442 g/mol. The van der Waals surface area contributed by atoms with Crippen molar-refractivity contribution in [3.8, 4) is 5.75 Å². The van der Waals surface area contributed by atoms with E-state index in [0.29, 0.717) is 34.6 Å². The molecule has 0 aliphatic rings. The number of hydrogen-bond donors (Lipinski definition) is 3. The lowest BCUT2D eigenvalue weighted by Gasteiger charge is -2.10. The molecule has 10 heteroatoms. The van der Waals surface area contributed by atoms with Crippen LogP contribution in [0.2, 0.25) is 10.0 Å². The molecule has 2 rings (SSSR count). The van der Waals surface area contributed by atoms with Gasteiger partial charge >= 0.3 is 0 Å². The van der Waals surface area contributed by atoms with Crippen LogP contribution in [0.15, 0.2) is 47.1 Å². The average Bonchev–Trinajstić information content (AvgIpc) is 3.17. The molecule has 1 heterocycles. The van der Waals surface area contributed by atoms with E-state index in [9.17, 15) is 9.59 Å². The van der Waals surface area contributed by atoms with Gasteiger partial charge in [0.2, 0.25) is 11.8 Å². The molecule has 0 radical (unpaired) electrons. The van der Waals surface area contributed by atoms with E-state index in [1.54, 1.807) is 30.3 Å². The van der Waals surface area contributed by atoms with Crippen molar-refractivity contribution in [3.05, 3.63) is 58.5 Å². The van der Waals surface area contributed by atoms with Gasteiger partial charge in [0, 0.05) is 17.5 Å². The summed E-state index contributed by atoms with van der Waals surface area (Å²) in [7, 11) is 0. The number of carbonyl (C=O) groups is 2. The van der Waals surface area contributed by atoms with Crippen LogP contribution < -0.4 is 20.9 Å². The van der Waals surface area contributed by atoms with E-state index in [4.69, 9.17) is 44.6 Å². The van der Waals surface area contributed by atoms with Gasteiger partial charge < -0.3 is 9.15 Å². The maximum absolute atomic E-state index is 11.8. The molecule has 0 bridgehead atoms. The van der Waals surface area contributed by atoms with Crippen LogP contribution in [-0.4, -0.2) is 23.5 Å². The van der Waals surface area contributed by atoms with Crippen LogP contribution in [-0.2, 0) is 9.59 Å². The number of benzene rings is 1. The summed E-state index contributed by atoms with van der Waals surface area (Å²) in [6.45, 7) is 0.299. The zero-order valence-corrected chi connectivity index (χ0v) is 16.9. The van der Waals surface area contributed by atoms with E-state index in [2.05, 4.69) is 16.2 Å². The molecule has 1 aromatic carbocycles. The van der Waals surface area contributed by atoms with Crippen molar-refractivity contribution >= 4 is 58.4 Å². The van der Waals surface area contributed by atoms with Gasteiger partial charge in [-0.15, -0.1) is 0 Å². The molecule has 3 N–H and O–H groups in total. The number of carbonyl (C=O) groups excluding carboxylic acids is 2. The Kier molecular flexibility index (Phi) is 8.80. The third-order valence-electron chi connectivity index (χ3n) is 3.19. The van der Waals surface area contributed by atoms with Crippen LogP contribution in [0, 0.1) is 0 Å². The molecule has 0 spiro atoms. The van der Waals surface area contributed by atoms with Gasteiger partial charge in [-0.05, 0) is 55.0 Å². The topological polar surface area (TPSA) is 92.6 Å². The summed E-state index contributed by atoms with van der Waals surface area (Å²) in [5.41, 5.74) is 4.83. The smallest absolute Gasteiger partial charge is 0.250 e. The number of furan rings is 1. The molecule has 28 heavy (non-hydrogen) atoms. The van der Waals surface area contributed by atoms with Crippen molar-refractivity contribution in [1.82, 2.24) is 16.2 Å². The highest BCUT2D eigenvalue weighted by Crippen LogP contribution is 2.27. The van der Waals surface area contributed by atoms with Gasteiger partial charge in [0.25, 0.3) is 0 Å². The Hall–Kier alpha value is -2.55. The summed E-state index contributed by atoms with van der Waals surface area (Å²) < 4.78 is 10.5. The lowest BCUT2D eigenvalue weighted by molar-refractivity contribution is -0.122. The van der Waals surface area contributed by atoms with E-state index in [1.807, 2.05) is 0 Å². The fourth-order valence-electron chi connectivity index (χ4n) is 1.92. The SMILES string of the molecule is O=C(C=Cc1ccco1)NC(=S)NNC(=O)CCCOc1ccc(Cl)cc1Cl. The van der Waals surface area contributed by atoms with Gasteiger partial charge in [-0.25, -0.2) is 0 Å². The summed E-state index contributed by atoms with van der Waals surface area (Å²) >= 11 is 16.7. The largest absolute Gasteiger partial charge is 0.492 e. The molecule has 148 valence electrons. The molecular formula is C18H17Cl2N3O4S. The molecule has 2 aromatic rings. The fourth-order valence-corrected chi connectivity index (χ4v) is 2.54. The first-order valence-corrected chi connectivity index (χ1v) is 9.29. The van der Waals surface area contributed by atoms with E-state index >= 15 is 0 Å². The Labute approximate surface area is 177 Å². The van der Waals surface area contributed by atoms with Crippen molar-refractivity contribution < 1.29 is 18.7 Å². The van der Waals surface area contributed by atoms with Crippen LogP contribution in [0.4, 0.5) is 0 Å². The summed E-state index contributed by atoms with van der Waals surface area (Å²) in [4.78, 5) is 23.4. The number of hydrazine groups is 1. The first-order chi connectivity index (χ1) is 13.4. The highest BCUT2D eigenvalue weighted by Gasteiger charge is 2.06. The molecule has 7 nitrogen and oxygen atoms in total. The monoisotopic (exact) mass is 441 g/mol. The first-order valence-electron chi connectivity index (χ1n) is 8.13. The van der Waals surface area contributed by atoms with Crippen molar-refractivity contribution in [2.45, 2.75) is 12.8 Å². The maximum Gasteiger partial charge on any atom is 0.250 e. The van der Waals surface area contributed by atoms with Crippen LogP contribution in [0.1, 0.15) is 18.6 Å². The minimum Gasteiger partial charge on any atom is -0.492 e. The van der Waals surface area contributed by atoms with E-state index in [-0.39, 0.29) is 17.4 Å². The Bertz CT molecular complexity index is 857. The Balaban J connectivity index is 1.59. The van der Waals surface area contributed by atoms with Crippen LogP contribution in [0.5, 0.6) is 5.75 Å². The predicted molar refractivity (Wildman–Crippen MR) is 111 cm³/mol. The zero-order valence-electron chi connectivity index (χ0n) is 14.5. The van der Waals surface area contributed by atoms with Crippen molar-refractivity contribution in [1.29, 1.82) is 0 Å². The maximum atomic E-state index is 11.8. The van der Waals surface area contributed by atoms with E-state index in [0.717, 1.165) is 0 Å². The molecule has 0 aliphatic carbocycles. The van der Waals surface area contributed by atoms with E-state index in [1.165, 1.54) is 18.4 Å². The number of nitrogens with one attached hydrogen (secondary N) is 3. The van der Waals surface area contributed by atoms with Gasteiger partial charge in [0.15, 0.2) is 5.11 Å². The lowest BCUT2D eigenvalue weighted by Crippen LogP contribution is -2.48. The molecule has 0 fully saturated rings. The lowest BCUT2D eigenvalue weighted by atomic mass is 10.3. The predicted octanol–water partition coefficient (Wildman–Crippen LogP) is 3.48. The minimum absolute atomic E-state index is 0.0355. The number of ether oxygens (including phenoxy) is 1. The van der Waals surface area contributed by atoms with Crippen LogP contribution in [0.3, 0.4) is 0 Å². The second kappa shape index (κ2) is 11.3. The summed E-state index contributed by atoms with van der Waals surface area (Å²) in [5, 5.41) is 3.27. The van der Waals surface area contributed by atoms with E-state index < -0.39 is 5.91 Å². The second-order valence-electron chi connectivity index (χ2n) is 5.37. The third kappa shape index (κ3) is 7.99. The van der Waals surface area contributed by atoms with Gasteiger partial charge in [-0.3, -0.25) is 25.8 Å².